The van der Waals surface area contributed by atoms with Gasteiger partial charge >= 0.3 is 0 Å². The number of ether oxygens (including phenoxy) is 2. The van der Waals surface area contributed by atoms with Crippen molar-refractivity contribution in [2.75, 3.05) is 18.5 Å². The molecule has 0 radical (unpaired) electrons. The van der Waals surface area contributed by atoms with E-state index in [9.17, 15) is 14.9 Å². The quantitative estimate of drug-likeness (QED) is 0.560. The molecule has 0 heterocycles. The predicted molar refractivity (Wildman–Crippen MR) is 99.2 cm³/mol. The van der Waals surface area contributed by atoms with Gasteiger partial charge in [-0.3, -0.25) is 14.9 Å². The fraction of sp³-hybridized carbons (Fsp3) is 0.316. The number of benzene rings is 2. The van der Waals surface area contributed by atoms with Crippen molar-refractivity contribution < 1.29 is 19.2 Å². The van der Waals surface area contributed by atoms with E-state index in [1.807, 2.05) is 13.8 Å². The predicted octanol–water partition coefficient (Wildman–Crippen LogP) is 4.34. The van der Waals surface area contributed by atoms with Crippen LogP contribution in [0.1, 0.15) is 36.2 Å². The van der Waals surface area contributed by atoms with Gasteiger partial charge in [0.15, 0.2) is 11.5 Å². The molecule has 2 aromatic carbocycles. The molecule has 7 nitrogen and oxygen atoms in total. The number of nitro groups is 1. The summed E-state index contributed by atoms with van der Waals surface area (Å²) in [6, 6.07) is 9.50. The van der Waals surface area contributed by atoms with Gasteiger partial charge in [-0.1, -0.05) is 13.0 Å². The van der Waals surface area contributed by atoms with Crippen LogP contribution in [0, 0.1) is 17.0 Å². The van der Waals surface area contributed by atoms with Crippen LogP contribution in [-0.4, -0.2) is 24.0 Å². The Morgan fingerprint density at radius 3 is 2.58 bits per heavy atom. The summed E-state index contributed by atoms with van der Waals surface area (Å²) in [7, 11) is 0. The molecule has 138 valence electrons. The van der Waals surface area contributed by atoms with E-state index in [1.165, 1.54) is 12.1 Å². The lowest BCUT2D eigenvalue weighted by Crippen LogP contribution is -2.13. The first-order chi connectivity index (χ1) is 12.5. The van der Waals surface area contributed by atoms with Crippen LogP contribution < -0.4 is 14.8 Å². The summed E-state index contributed by atoms with van der Waals surface area (Å²) in [6.45, 7) is 6.45. The Labute approximate surface area is 152 Å². The van der Waals surface area contributed by atoms with Gasteiger partial charge < -0.3 is 14.8 Å². The Bertz CT molecular complexity index is 805. The summed E-state index contributed by atoms with van der Waals surface area (Å²) in [5.41, 5.74) is 1.14. The minimum absolute atomic E-state index is 0.0406. The summed E-state index contributed by atoms with van der Waals surface area (Å²) < 4.78 is 11.2. The number of hydrogen-bond donors (Lipinski definition) is 1. The van der Waals surface area contributed by atoms with Crippen molar-refractivity contribution in [2.24, 2.45) is 0 Å². The lowest BCUT2D eigenvalue weighted by Gasteiger charge is -2.13. The molecule has 0 bridgehead atoms. The molecule has 2 aromatic rings. The maximum absolute atomic E-state index is 12.6. The van der Waals surface area contributed by atoms with Crippen LogP contribution in [0.15, 0.2) is 36.4 Å². The van der Waals surface area contributed by atoms with Crippen molar-refractivity contribution in [3.63, 3.8) is 0 Å². The lowest BCUT2D eigenvalue weighted by atomic mass is 10.1. The highest BCUT2D eigenvalue weighted by atomic mass is 16.6. The summed E-state index contributed by atoms with van der Waals surface area (Å²) >= 11 is 0. The number of amides is 1. The Kier molecular flexibility index (Phi) is 6.54. The van der Waals surface area contributed by atoms with E-state index in [0.717, 1.165) is 6.42 Å². The number of nitrogens with zero attached hydrogens (tertiary/aromatic N) is 1. The summed E-state index contributed by atoms with van der Waals surface area (Å²) in [5, 5.41) is 13.7. The number of nitrogens with one attached hydrogen (secondary N) is 1. The summed E-state index contributed by atoms with van der Waals surface area (Å²) in [4.78, 5) is 23.1. The van der Waals surface area contributed by atoms with Crippen molar-refractivity contribution in [3.8, 4) is 11.5 Å². The second-order valence-corrected chi connectivity index (χ2v) is 5.60. The third-order valence-corrected chi connectivity index (χ3v) is 3.72. The van der Waals surface area contributed by atoms with E-state index in [1.54, 1.807) is 31.2 Å². The molecule has 0 aliphatic rings. The maximum atomic E-state index is 12.6. The van der Waals surface area contributed by atoms with Crippen LogP contribution in [0.3, 0.4) is 0 Å². The first-order valence-electron chi connectivity index (χ1n) is 8.42. The molecule has 0 saturated heterocycles. The molecule has 0 aromatic heterocycles. The number of hydrogen-bond acceptors (Lipinski definition) is 5. The molecule has 1 amide bonds. The molecule has 0 unspecified atom stereocenters. The molecule has 26 heavy (non-hydrogen) atoms. The molecule has 0 atom stereocenters. The standard InChI is InChI=1S/C19H22N2O5/c1-4-11-26-17-10-9-14(12-18(17)25-5-2)19(22)20-15-7-6-8-16(13(15)3)21(23)24/h6-10,12H,4-5,11H2,1-3H3,(H,20,22). The van der Waals surface area contributed by atoms with Crippen molar-refractivity contribution in [1.82, 2.24) is 0 Å². The molecule has 7 heteroatoms. The molecule has 0 fully saturated rings. The summed E-state index contributed by atoms with van der Waals surface area (Å²) in [5.74, 6) is 0.692. The largest absolute Gasteiger partial charge is 0.490 e. The van der Waals surface area contributed by atoms with Crippen LogP contribution in [0.25, 0.3) is 0 Å². The molecular formula is C19H22N2O5. The molecule has 0 spiro atoms. The second-order valence-electron chi connectivity index (χ2n) is 5.60. The van der Waals surface area contributed by atoms with E-state index in [-0.39, 0.29) is 11.6 Å². The number of rotatable bonds is 8. The highest BCUT2D eigenvalue weighted by Gasteiger charge is 2.17. The average Bonchev–Trinajstić information content (AvgIpc) is 2.62. The van der Waals surface area contributed by atoms with Gasteiger partial charge in [-0.25, -0.2) is 0 Å². The van der Waals surface area contributed by atoms with Gasteiger partial charge in [-0.05, 0) is 44.5 Å². The minimum Gasteiger partial charge on any atom is -0.490 e. The smallest absolute Gasteiger partial charge is 0.274 e. The first kappa shape index (κ1) is 19.2. The van der Waals surface area contributed by atoms with Gasteiger partial charge in [-0.2, -0.15) is 0 Å². The van der Waals surface area contributed by atoms with Crippen molar-refractivity contribution >= 4 is 17.3 Å². The number of carbonyl (C=O) groups is 1. The van der Waals surface area contributed by atoms with E-state index in [4.69, 9.17) is 9.47 Å². The summed E-state index contributed by atoms with van der Waals surface area (Å²) in [6.07, 6.45) is 0.861. The Morgan fingerprint density at radius 2 is 1.92 bits per heavy atom. The van der Waals surface area contributed by atoms with Gasteiger partial charge in [0.1, 0.15) is 0 Å². The zero-order valence-electron chi connectivity index (χ0n) is 15.1. The van der Waals surface area contributed by atoms with Crippen molar-refractivity contribution in [1.29, 1.82) is 0 Å². The molecular weight excluding hydrogens is 336 g/mol. The monoisotopic (exact) mass is 358 g/mol. The highest BCUT2D eigenvalue weighted by molar-refractivity contribution is 6.05. The molecule has 0 aliphatic carbocycles. The van der Waals surface area contributed by atoms with Gasteiger partial charge in [-0.15, -0.1) is 0 Å². The van der Waals surface area contributed by atoms with Crippen LogP contribution >= 0.6 is 0 Å². The van der Waals surface area contributed by atoms with Crippen molar-refractivity contribution in [2.45, 2.75) is 27.2 Å². The van der Waals surface area contributed by atoms with E-state index < -0.39 is 4.92 Å². The SMILES string of the molecule is CCCOc1ccc(C(=O)Nc2cccc([N+](=O)[O-])c2C)cc1OCC. The number of nitro benzene ring substituents is 1. The van der Waals surface area contributed by atoms with Crippen LogP contribution in [-0.2, 0) is 0 Å². The Morgan fingerprint density at radius 1 is 1.15 bits per heavy atom. The van der Waals surface area contributed by atoms with Crippen LogP contribution in [0.4, 0.5) is 11.4 Å². The van der Waals surface area contributed by atoms with E-state index in [0.29, 0.717) is 41.5 Å². The van der Waals surface area contributed by atoms with Gasteiger partial charge in [0.05, 0.1) is 29.4 Å². The topological polar surface area (TPSA) is 90.7 Å². The van der Waals surface area contributed by atoms with Crippen molar-refractivity contribution in [3.05, 3.63) is 57.6 Å². The number of carbonyl (C=O) groups excluding carboxylic acids is 1. The highest BCUT2D eigenvalue weighted by Crippen LogP contribution is 2.30. The van der Waals surface area contributed by atoms with Crippen LogP contribution in [0.5, 0.6) is 11.5 Å². The maximum Gasteiger partial charge on any atom is 0.274 e. The first-order valence-corrected chi connectivity index (χ1v) is 8.42. The van der Waals surface area contributed by atoms with E-state index >= 15 is 0 Å². The van der Waals surface area contributed by atoms with Gasteiger partial charge in [0.2, 0.25) is 0 Å². The fourth-order valence-corrected chi connectivity index (χ4v) is 2.40. The van der Waals surface area contributed by atoms with Gasteiger partial charge in [0.25, 0.3) is 11.6 Å². The second kappa shape index (κ2) is 8.84. The third-order valence-electron chi connectivity index (χ3n) is 3.72. The minimum atomic E-state index is -0.474. The Balaban J connectivity index is 2.26. The number of anilines is 1. The zero-order chi connectivity index (χ0) is 19.1. The van der Waals surface area contributed by atoms with E-state index in [2.05, 4.69) is 5.32 Å². The lowest BCUT2D eigenvalue weighted by molar-refractivity contribution is -0.385. The third kappa shape index (κ3) is 4.50. The zero-order valence-corrected chi connectivity index (χ0v) is 15.1. The average molecular weight is 358 g/mol. The molecule has 1 N–H and O–H groups in total. The molecule has 0 aliphatic heterocycles. The molecule has 0 saturated carbocycles. The molecule has 2 rings (SSSR count). The van der Waals surface area contributed by atoms with Crippen LogP contribution in [0.2, 0.25) is 0 Å². The fourth-order valence-electron chi connectivity index (χ4n) is 2.40. The van der Waals surface area contributed by atoms with Gasteiger partial charge in [0, 0.05) is 11.6 Å². The normalized spacial score (nSPS) is 10.3. The Hall–Kier alpha value is -3.09.